The molecular weight excluding hydrogens is 1560 g/mol. The molecule has 0 bridgehead atoms. The minimum Gasteiger partial charge on any atom is -0.335 e. The summed E-state index contributed by atoms with van der Waals surface area (Å²) in [6.45, 7) is 25.0. The number of nitrogens with zero attached hydrogens (tertiary/aromatic N) is 16. The molecule has 0 aliphatic heterocycles. The molecule has 3 saturated carbocycles. The number of pyridine rings is 4. The molecule has 0 spiro atoms. The lowest BCUT2D eigenvalue weighted by Crippen LogP contribution is -2.34. The molecule has 3 aliphatic rings. The average molecular weight is 1680 g/mol. The Bertz CT molecular complexity index is 5280. The van der Waals surface area contributed by atoms with Gasteiger partial charge in [0.2, 0.25) is 5.91 Å². The van der Waals surface area contributed by atoms with E-state index in [4.69, 9.17) is 31.5 Å². The summed E-state index contributed by atoms with van der Waals surface area (Å²) >= 11 is 11.5. The van der Waals surface area contributed by atoms with E-state index in [0.717, 1.165) is 164 Å². The van der Waals surface area contributed by atoms with Crippen LogP contribution < -0.4 is 0 Å². The Balaban J connectivity index is 0.000000144. The number of amides is 4. The van der Waals surface area contributed by atoms with Gasteiger partial charge in [-0.25, -0.2) is 39.9 Å². The summed E-state index contributed by atoms with van der Waals surface area (Å²) in [7, 11) is 1.82. The number of imidazole rings is 4. The maximum Gasteiger partial charge on any atom is 0.254 e. The first kappa shape index (κ1) is 86.7. The molecule has 3 aliphatic carbocycles. The van der Waals surface area contributed by atoms with E-state index in [1.807, 2.05) is 175 Å². The Morgan fingerprint density at radius 3 is 1.37 bits per heavy atom. The Kier molecular flexibility index (Phi) is 31.2. The average Bonchev–Trinajstić information content (AvgIpc) is 1.66. The molecular formula is C94H116BrClN16O4S. The minimum absolute atomic E-state index is 0.0105. The van der Waals surface area contributed by atoms with Crippen molar-refractivity contribution >= 4 is 108 Å². The number of rotatable bonds is 35. The van der Waals surface area contributed by atoms with Crippen molar-refractivity contribution in [1.29, 1.82) is 0 Å². The highest BCUT2D eigenvalue weighted by atomic mass is 79.9. The summed E-state index contributed by atoms with van der Waals surface area (Å²) in [5.74, 6) is 7.06. The van der Waals surface area contributed by atoms with Crippen LogP contribution in [0.3, 0.4) is 0 Å². The van der Waals surface area contributed by atoms with Gasteiger partial charge in [-0.05, 0) is 240 Å². The number of unbranched alkanes of at least 4 members (excludes halogenated alkanes) is 3. The Labute approximate surface area is 708 Å². The van der Waals surface area contributed by atoms with E-state index in [0.29, 0.717) is 85.9 Å². The lowest BCUT2D eigenvalue weighted by molar-refractivity contribution is -0.131. The highest BCUT2D eigenvalue weighted by Crippen LogP contribution is 2.36. The first-order chi connectivity index (χ1) is 56.8. The number of hydrogen-bond donors (Lipinski definition) is 0. The van der Waals surface area contributed by atoms with E-state index >= 15 is 0 Å². The Hall–Kier alpha value is -9.64. The SMILES string of the molecule is CC(C)CCN(Cc1nc2cccnc2n1CC1CC1)C(=O)Cc1ccccc1Cl.CCCCCCc1ccc(C(=O)N(CCC)Cc2nc3cccnc3n2CC2CC2)cc1.CCCn1c(CN(CCC(C)C)C(=O)c2ccc(SC)cc2)nc2cccnc21.Cc1ccc(C(=O)N(C)Cc2nc3cccnc3n2CC2CC2)cc1Br. The lowest BCUT2D eigenvalue weighted by atomic mass is 10.0. The lowest BCUT2D eigenvalue weighted by Gasteiger charge is -2.24. The van der Waals surface area contributed by atoms with Gasteiger partial charge in [0.15, 0.2) is 22.6 Å². The van der Waals surface area contributed by atoms with Crippen LogP contribution in [-0.4, -0.2) is 134 Å². The van der Waals surface area contributed by atoms with E-state index in [9.17, 15) is 19.2 Å². The summed E-state index contributed by atoms with van der Waals surface area (Å²) < 4.78 is 9.74. The number of aryl methyl sites for hydroxylation is 3. The van der Waals surface area contributed by atoms with Crippen LogP contribution >= 0.6 is 39.3 Å². The number of aromatic nitrogens is 12. The van der Waals surface area contributed by atoms with Crippen LogP contribution in [0.1, 0.15) is 209 Å². The van der Waals surface area contributed by atoms with Crippen LogP contribution in [0.5, 0.6) is 0 Å². The maximum atomic E-state index is 13.4. The van der Waals surface area contributed by atoms with E-state index in [2.05, 4.69) is 115 Å². The molecule has 0 N–H and O–H groups in total. The van der Waals surface area contributed by atoms with Gasteiger partial charge in [-0.1, -0.05) is 132 Å². The Morgan fingerprint density at radius 2 is 0.923 bits per heavy atom. The molecule has 3 fully saturated rings. The number of fused-ring (bicyclic) bond motifs is 4. The zero-order valence-corrected chi connectivity index (χ0v) is 73.2. The van der Waals surface area contributed by atoms with Crippen LogP contribution in [0, 0.1) is 36.5 Å². The van der Waals surface area contributed by atoms with Crippen LogP contribution in [0.4, 0.5) is 0 Å². The van der Waals surface area contributed by atoms with Crippen LogP contribution in [0.25, 0.3) is 44.7 Å². The topological polar surface area (TPSA) is 204 Å². The second-order valence-corrected chi connectivity index (χ2v) is 34.7. The van der Waals surface area contributed by atoms with Gasteiger partial charge in [0, 0.05) is 109 Å². The molecule has 0 saturated heterocycles. The number of hydrogen-bond acceptors (Lipinski definition) is 13. The van der Waals surface area contributed by atoms with Gasteiger partial charge in [-0.2, -0.15) is 0 Å². The number of thioether (sulfide) groups is 1. The summed E-state index contributed by atoms with van der Waals surface area (Å²) in [5, 5.41) is 0.639. The number of carbonyl (C=O) groups excluding carboxylic acids is 4. The third-order valence-corrected chi connectivity index (χ3v) is 23.8. The molecule has 12 aromatic rings. The highest BCUT2D eigenvalue weighted by Gasteiger charge is 2.31. The fourth-order valence-corrected chi connectivity index (χ4v) is 15.4. The van der Waals surface area contributed by atoms with Gasteiger partial charge >= 0.3 is 0 Å². The predicted octanol–water partition coefficient (Wildman–Crippen LogP) is 20.6. The van der Waals surface area contributed by atoms with Crippen molar-refractivity contribution in [3.05, 3.63) is 230 Å². The monoisotopic (exact) mass is 1680 g/mol. The number of carbonyl (C=O) groups is 4. The molecule has 8 aromatic heterocycles. The van der Waals surface area contributed by atoms with Gasteiger partial charge in [-0.15, -0.1) is 11.8 Å². The molecule has 8 heterocycles. The van der Waals surface area contributed by atoms with Crippen molar-refractivity contribution in [1.82, 2.24) is 77.7 Å². The second kappa shape index (κ2) is 42.2. The molecule has 616 valence electrons. The van der Waals surface area contributed by atoms with Crippen molar-refractivity contribution in [2.75, 3.05) is 32.9 Å². The van der Waals surface area contributed by atoms with Crippen molar-refractivity contribution in [3.63, 3.8) is 0 Å². The highest BCUT2D eigenvalue weighted by molar-refractivity contribution is 9.10. The zero-order chi connectivity index (χ0) is 82.5. The maximum absolute atomic E-state index is 13.4. The van der Waals surface area contributed by atoms with Crippen molar-refractivity contribution in [3.8, 4) is 0 Å². The van der Waals surface area contributed by atoms with Crippen LogP contribution in [-0.2, 0) is 70.0 Å². The molecule has 15 rings (SSSR count). The molecule has 4 amide bonds. The first-order valence-electron chi connectivity index (χ1n) is 42.3. The third kappa shape index (κ3) is 24.1. The normalized spacial score (nSPS) is 13.2. The smallest absolute Gasteiger partial charge is 0.254 e. The predicted molar refractivity (Wildman–Crippen MR) is 475 cm³/mol. The van der Waals surface area contributed by atoms with E-state index < -0.39 is 0 Å². The first-order valence-corrected chi connectivity index (χ1v) is 44.7. The molecule has 4 aromatic carbocycles. The number of halogens is 2. The fraction of sp³-hybridized carbons (Fsp3) is 0.447. The zero-order valence-electron chi connectivity index (χ0n) is 70.0. The second-order valence-electron chi connectivity index (χ2n) is 32.6. The summed E-state index contributed by atoms with van der Waals surface area (Å²) in [4.78, 5) is 98.9. The van der Waals surface area contributed by atoms with Crippen LogP contribution in [0.15, 0.2) is 174 Å². The quantitative estimate of drug-likeness (QED) is 0.0268. The molecule has 0 unspecified atom stereocenters. The van der Waals surface area contributed by atoms with Gasteiger partial charge in [0.25, 0.3) is 17.7 Å². The number of benzene rings is 4. The van der Waals surface area contributed by atoms with E-state index in [1.54, 1.807) is 29.1 Å². The molecule has 117 heavy (non-hydrogen) atoms. The summed E-state index contributed by atoms with van der Waals surface area (Å²) in [6, 6.07) is 45.0. The van der Waals surface area contributed by atoms with E-state index in [1.165, 1.54) is 69.8 Å². The van der Waals surface area contributed by atoms with Gasteiger partial charge in [0.1, 0.15) is 45.4 Å². The van der Waals surface area contributed by atoms with Gasteiger partial charge in [-0.3, -0.25) is 19.2 Å². The fourth-order valence-electron chi connectivity index (χ4n) is 14.4. The Morgan fingerprint density at radius 1 is 0.487 bits per heavy atom. The van der Waals surface area contributed by atoms with Crippen molar-refractivity contribution in [2.24, 2.45) is 29.6 Å². The molecule has 23 heteroatoms. The largest absolute Gasteiger partial charge is 0.335 e. The third-order valence-electron chi connectivity index (χ3n) is 21.9. The summed E-state index contributed by atoms with van der Waals surface area (Å²) in [5.41, 5.74) is 12.7. The van der Waals surface area contributed by atoms with Crippen molar-refractivity contribution in [2.45, 2.75) is 215 Å². The molecule has 0 atom stereocenters. The molecule has 0 radical (unpaired) electrons. The van der Waals surface area contributed by atoms with Gasteiger partial charge in [0.05, 0.1) is 32.6 Å². The standard InChI is InChI=1S/C27H36N4O.C24H29ClN4O.C23H30N4OS.C20H21BrN4O/c1-3-5-6-7-9-21-13-15-23(16-14-21)27(32)30(18-4-2)20-25-29-24-10-8-17-28-26(24)31(25)19-22-11-12-22;1-17(2)11-13-28(23(30)14-19-6-3-4-7-20(19)25)16-22-27-21-8-5-12-26-24(21)29(22)15-18-9-10-18;1-5-14-27-21(25-20-7-6-13-24-22(20)27)16-26(15-12-17(2)3)23(28)18-8-10-19(29-4)11-9-18;1-13-5-8-15(10-16(13)21)20(26)24(2)12-18-23-17-4-3-9-22-19(17)25(18)11-14-6-7-14/h8,10,13-17,22H,3-7,9,11-12,18-20H2,1-2H3;3-8,12,17-18H,9-11,13-16H2,1-2H3;6-11,13,17H,5,12,14-16H2,1-4H3;3-5,8-10,14H,6-7,11-12H2,1-2H3. The summed E-state index contributed by atoms with van der Waals surface area (Å²) in [6.07, 6.45) is 27.1. The van der Waals surface area contributed by atoms with Crippen molar-refractivity contribution < 1.29 is 19.2 Å². The molecule has 20 nitrogen and oxygen atoms in total. The van der Waals surface area contributed by atoms with E-state index in [-0.39, 0.29) is 23.6 Å². The van der Waals surface area contributed by atoms with Crippen LogP contribution in [0.2, 0.25) is 5.02 Å². The minimum atomic E-state index is -0.0105. The van der Waals surface area contributed by atoms with Gasteiger partial charge < -0.3 is 37.9 Å².